The lowest BCUT2D eigenvalue weighted by atomic mass is 9.71. The van der Waals surface area contributed by atoms with Gasteiger partial charge in [-0.15, -0.1) is 0 Å². The van der Waals surface area contributed by atoms with Crippen molar-refractivity contribution in [1.29, 1.82) is 0 Å². The van der Waals surface area contributed by atoms with E-state index in [2.05, 4.69) is 12.2 Å². The van der Waals surface area contributed by atoms with Gasteiger partial charge in [0.15, 0.2) is 0 Å². The summed E-state index contributed by atoms with van der Waals surface area (Å²) in [6.45, 7) is 3.88. The molecular weight excluding hydrogens is 248 g/mol. The van der Waals surface area contributed by atoms with Crippen molar-refractivity contribution in [2.75, 3.05) is 13.1 Å². The van der Waals surface area contributed by atoms with Gasteiger partial charge in [0.05, 0.1) is 0 Å². The molecule has 2 unspecified atom stereocenters. The van der Waals surface area contributed by atoms with Crippen LogP contribution in [0.15, 0.2) is 0 Å². The first-order chi connectivity index (χ1) is 9.63. The number of amides is 1. The van der Waals surface area contributed by atoms with Crippen LogP contribution in [0.25, 0.3) is 0 Å². The lowest BCUT2D eigenvalue weighted by Gasteiger charge is -2.36. The molecule has 20 heavy (non-hydrogen) atoms. The number of hydrogen-bond acceptors (Lipinski definition) is 2. The first-order valence-electron chi connectivity index (χ1n) is 8.60. The van der Waals surface area contributed by atoms with Gasteiger partial charge in [-0.2, -0.15) is 0 Å². The molecule has 0 saturated heterocycles. The zero-order chi connectivity index (χ0) is 14.4. The van der Waals surface area contributed by atoms with Gasteiger partial charge < -0.3 is 11.1 Å². The predicted molar refractivity (Wildman–Crippen MR) is 83.3 cm³/mol. The first-order valence-corrected chi connectivity index (χ1v) is 8.60. The summed E-state index contributed by atoms with van der Waals surface area (Å²) in [5.74, 6) is 1.76. The zero-order valence-electron chi connectivity index (χ0n) is 13.1. The molecule has 0 aromatic carbocycles. The van der Waals surface area contributed by atoms with Crippen LogP contribution in [0, 0.1) is 17.3 Å². The van der Waals surface area contributed by atoms with Crippen LogP contribution < -0.4 is 11.1 Å². The summed E-state index contributed by atoms with van der Waals surface area (Å²) in [5.41, 5.74) is 6.06. The number of hydrogen-bond donors (Lipinski definition) is 2. The van der Waals surface area contributed by atoms with Gasteiger partial charge in [-0.1, -0.05) is 39.0 Å². The summed E-state index contributed by atoms with van der Waals surface area (Å²) in [6.07, 6.45) is 12.0. The molecule has 3 nitrogen and oxygen atoms in total. The average Bonchev–Trinajstić information content (AvgIpc) is 2.46. The molecule has 1 amide bonds. The van der Waals surface area contributed by atoms with Crippen LogP contribution in [-0.4, -0.2) is 19.0 Å². The normalized spacial score (nSPS) is 29.9. The Morgan fingerprint density at radius 2 is 1.95 bits per heavy atom. The average molecular weight is 280 g/mol. The summed E-state index contributed by atoms with van der Waals surface area (Å²) in [6, 6.07) is 0. The molecule has 2 fully saturated rings. The van der Waals surface area contributed by atoms with Crippen LogP contribution in [0.2, 0.25) is 0 Å². The second-order valence-electron chi connectivity index (χ2n) is 7.38. The van der Waals surface area contributed by atoms with Gasteiger partial charge in [-0.25, -0.2) is 0 Å². The Hall–Kier alpha value is -0.570. The first kappa shape index (κ1) is 15.8. The minimum Gasteiger partial charge on any atom is -0.356 e. The molecule has 0 heterocycles. The Bertz CT molecular complexity index is 310. The fraction of sp³-hybridized carbons (Fsp3) is 0.941. The van der Waals surface area contributed by atoms with E-state index in [0.717, 1.165) is 25.3 Å². The maximum absolute atomic E-state index is 12.2. The largest absolute Gasteiger partial charge is 0.356 e. The Balaban J connectivity index is 1.74. The third-order valence-electron chi connectivity index (χ3n) is 5.52. The summed E-state index contributed by atoms with van der Waals surface area (Å²) in [4.78, 5) is 12.2. The minimum absolute atomic E-state index is 0.0994. The van der Waals surface area contributed by atoms with Gasteiger partial charge in [-0.05, 0) is 49.5 Å². The molecule has 0 radical (unpaired) electrons. The molecule has 3 N–H and O–H groups in total. The smallest absolute Gasteiger partial charge is 0.220 e. The van der Waals surface area contributed by atoms with Gasteiger partial charge >= 0.3 is 0 Å². The molecule has 2 atom stereocenters. The molecule has 0 aromatic heterocycles. The van der Waals surface area contributed by atoms with E-state index < -0.39 is 0 Å². The van der Waals surface area contributed by atoms with Crippen LogP contribution in [0.3, 0.4) is 0 Å². The maximum Gasteiger partial charge on any atom is 0.220 e. The lowest BCUT2D eigenvalue weighted by Crippen LogP contribution is -2.40. The van der Waals surface area contributed by atoms with E-state index in [-0.39, 0.29) is 11.3 Å². The third kappa shape index (κ3) is 4.47. The van der Waals surface area contributed by atoms with E-state index in [0.29, 0.717) is 18.9 Å². The lowest BCUT2D eigenvalue weighted by molar-refractivity contribution is -0.124. The minimum atomic E-state index is 0.0994. The number of carbonyl (C=O) groups is 1. The van der Waals surface area contributed by atoms with Crippen molar-refractivity contribution >= 4 is 5.91 Å². The van der Waals surface area contributed by atoms with Crippen LogP contribution in [0.5, 0.6) is 0 Å². The molecule has 2 rings (SSSR count). The van der Waals surface area contributed by atoms with Crippen LogP contribution in [0.4, 0.5) is 0 Å². The molecule has 0 aromatic rings. The number of nitrogens with one attached hydrogen (secondary N) is 1. The molecule has 116 valence electrons. The zero-order valence-corrected chi connectivity index (χ0v) is 13.1. The Kier molecular flexibility index (Phi) is 5.88. The molecule has 2 aliphatic carbocycles. The van der Waals surface area contributed by atoms with E-state index in [1.807, 2.05) is 0 Å². The maximum atomic E-state index is 12.2. The van der Waals surface area contributed by atoms with Crippen LogP contribution in [-0.2, 0) is 4.79 Å². The third-order valence-corrected chi connectivity index (χ3v) is 5.52. The molecule has 0 aliphatic heterocycles. The fourth-order valence-electron chi connectivity index (χ4n) is 4.16. The summed E-state index contributed by atoms with van der Waals surface area (Å²) in [7, 11) is 0. The quantitative estimate of drug-likeness (QED) is 0.812. The second kappa shape index (κ2) is 7.44. The van der Waals surface area contributed by atoms with Gasteiger partial charge in [0.2, 0.25) is 5.91 Å². The Morgan fingerprint density at radius 1 is 1.20 bits per heavy atom. The van der Waals surface area contributed by atoms with Crippen molar-refractivity contribution < 1.29 is 4.79 Å². The Labute approximate surface area is 124 Å². The van der Waals surface area contributed by atoms with Crippen molar-refractivity contribution in [2.24, 2.45) is 23.0 Å². The standard InChI is InChI=1S/C17H32N2O/c1-14-6-5-7-15(10-14)12-19-16(20)11-17(13-18)8-3-2-4-9-17/h14-15H,2-13,18H2,1H3,(H,19,20). The predicted octanol–water partition coefficient (Wildman–Crippen LogP) is 3.23. The Morgan fingerprint density at radius 3 is 2.60 bits per heavy atom. The molecule has 2 saturated carbocycles. The molecule has 3 heteroatoms. The van der Waals surface area contributed by atoms with E-state index in [4.69, 9.17) is 5.73 Å². The molecule has 2 aliphatic rings. The van der Waals surface area contributed by atoms with Crippen LogP contribution >= 0.6 is 0 Å². The highest BCUT2D eigenvalue weighted by Crippen LogP contribution is 2.38. The molecular formula is C17H32N2O. The SMILES string of the molecule is CC1CCCC(CNC(=O)CC2(CN)CCCCC2)C1. The summed E-state index contributed by atoms with van der Waals surface area (Å²) < 4.78 is 0. The van der Waals surface area contributed by atoms with E-state index in [1.165, 1.54) is 44.9 Å². The van der Waals surface area contributed by atoms with Gasteiger partial charge in [0, 0.05) is 13.0 Å². The van der Waals surface area contributed by atoms with Crippen molar-refractivity contribution in [3.8, 4) is 0 Å². The van der Waals surface area contributed by atoms with E-state index >= 15 is 0 Å². The molecule has 0 bridgehead atoms. The van der Waals surface area contributed by atoms with Crippen molar-refractivity contribution in [3.63, 3.8) is 0 Å². The topological polar surface area (TPSA) is 55.1 Å². The van der Waals surface area contributed by atoms with Crippen molar-refractivity contribution in [2.45, 2.75) is 71.1 Å². The van der Waals surface area contributed by atoms with Crippen LogP contribution in [0.1, 0.15) is 71.1 Å². The van der Waals surface area contributed by atoms with E-state index in [1.54, 1.807) is 0 Å². The van der Waals surface area contributed by atoms with Crippen molar-refractivity contribution in [3.05, 3.63) is 0 Å². The summed E-state index contributed by atoms with van der Waals surface area (Å²) >= 11 is 0. The summed E-state index contributed by atoms with van der Waals surface area (Å²) in [5, 5.41) is 3.18. The van der Waals surface area contributed by atoms with E-state index in [9.17, 15) is 4.79 Å². The number of nitrogens with two attached hydrogens (primary N) is 1. The highest BCUT2D eigenvalue weighted by Gasteiger charge is 2.33. The van der Waals surface area contributed by atoms with Gasteiger partial charge in [-0.3, -0.25) is 4.79 Å². The monoisotopic (exact) mass is 280 g/mol. The van der Waals surface area contributed by atoms with Gasteiger partial charge in [0.1, 0.15) is 0 Å². The highest BCUT2D eigenvalue weighted by molar-refractivity contribution is 5.76. The number of carbonyl (C=O) groups excluding carboxylic acids is 1. The second-order valence-corrected chi connectivity index (χ2v) is 7.38. The highest BCUT2D eigenvalue weighted by atomic mass is 16.1. The van der Waals surface area contributed by atoms with Crippen molar-refractivity contribution in [1.82, 2.24) is 5.32 Å². The molecule has 0 spiro atoms. The fourth-order valence-corrected chi connectivity index (χ4v) is 4.16. The number of rotatable bonds is 5. The van der Waals surface area contributed by atoms with Gasteiger partial charge in [0.25, 0.3) is 0 Å².